The molecule has 14 fully saturated rings. The number of rotatable bonds is 41. The van der Waals surface area contributed by atoms with Gasteiger partial charge < -0.3 is 63.8 Å². The Kier molecular flexibility index (Phi) is 37.3. The summed E-state index contributed by atoms with van der Waals surface area (Å²) >= 11 is 0. The van der Waals surface area contributed by atoms with E-state index in [0.717, 1.165) is 200 Å². The molecule has 2 N–H and O–H groups in total. The largest absolute Gasteiger partial charge is 0.393 e. The number of amides is 8. The molecule has 4 heterocycles. The Bertz CT molecular complexity index is 4740. The number of nitrogens with zero attached hydrogens (tertiary/aromatic N) is 13. The highest BCUT2D eigenvalue weighted by Crippen LogP contribution is 2.56. The Morgan fingerprint density at radius 1 is 0.329 bits per heavy atom. The van der Waals surface area contributed by atoms with Crippen molar-refractivity contribution in [3.8, 4) is 0 Å². The van der Waals surface area contributed by atoms with E-state index in [1.54, 1.807) is 7.11 Å². The number of ether oxygens (including phenoxy) is 2. The van der Waals surface area contributed by atoms with Gasteiger partial charge in [-0.05, 0) is 347 Å². The number of hydrogen-bond acceptors (Lipinski definition) is 17. The monoisotopic (exact) mass is 1970 g/mol. The Labute approximate surface area is 858 Å². The summed E-state index contributed by atoms with van der Waals surface area (Å²) in [6.07, 6.45) is 43.0. The summed E-state index contributed by atoms with van der Waals surface area (Å²) in [5, 5.41) is 20.4. The summed E-state index contributed by atoms with van der Waals surface area (Å²) < 4.78 is 10.5. The summed E-state index contributed by atoms with van der Waals surface area (Å²) in [5.74, 6) is 3.61. The number of ketones is 4. The van der Waals surface area contributed by atoms with Crippen molar-refractivity contribution in [3.63, 3.8) is 0 Å². The van der Waals surface area contributed by atoms with E-state index in [1.807, 2.05) is 33.7 Å². The van der Waals surface area contributed by atoms with Gasteiger partial charge in [0.2, 0.25) is 0 Å². The van der Waals surface area contributed by atoms with Crippen LogP contribution in [0.25, 0.3) is 0 Å². The van der Waals surface area contributed by atoms with E-state index >= 15 is 0 Å². The molecule has 0 unspecified atom stereocenters. The van der Waals surface area contributed by atoms with E-state index in [-0.39, 0.29) is 124 Å². The number of methoxy groups -OCH3 is 1. The Morgan fingerprint density at radius 2 is 0.608 bits per heavy atom. The number of Topliss-reactive ketones (excluding diaryl/α,β-unsaturated/α-hetero) is 4. The summed E-state index contributed by atoms with van der Waals surface area (Å²) in [6.45, 7) is 9.64. The third kappa shape index (κ3) is 25.4. The second-order valence-corrected chi connectivity index (χ2v) is 48.2. The minimum Gasteiger partial charge on any atom is -0.393 e. The first-order valence-electron chi connectivity index (χ1n) is 56.1. The molecule has 10 aliphatic carbocycles. The fourth-order valence-electron chi connectivity index (χ4n) is 27.9. The molecule has 18 rings (SSSR count). The van der Waals surface area contributed by atoms with Crippen LogP contribution in [0.1, 0.15) is 305 Å². The van der Waals surface area contributed by atoms with Crippen LogP contribution in [0.15, 0.2) is 121 Å². The summed E-state index contributed by atoms with van der Waals surface area (Å²) in [6, 6.07) is 43.7. The smallest absolute Gasteiger partial charge is 0.321 e. The van der Waals surface area contributed by atoms with Crippen LogP contribution in [-0.4, -0.2) is 338 Å². The van der Waals surface area contributed by atoms with E-state index in [9.17, 15) is 48.6 Å². The highest BCUT2D eigenvalue weighted by Gasteiger charge is 2.61. The van der Waals surface area contributed by atoms with Crippen LogP contribution in [0.3, 0.4) is 0 Å². The van der Waals surface area contributed by atoms with Gasteiger partial charge in [0.25, 0.3) is 0 Å². The zero-order chi connectivity index (χ0) is 101. The highest BCUT2D eigenvalue weighted by molar-refractivity contribution is 5.90. The van der Waals surface area contributed by atoms with Gasteiger partial charge in [-0.25, -0.2) is 19.2 Å². The van der Waals surface area contributed by atoms with Crippen LogP contribution >= 0.6 is 0 Å². The minimum absolute atomic E-state index is 0.00545. The quantitative estimate of drug-likeness (QED) is 0.0393. The van der Waals surface area contributed by atoms with Gasteiger partial charge in [-0.1, -0.05) is 160 Å². The molecule has 0 atom stereocenters. The van der Waals surface area contributed by atoms with E-state index in [2.05, 4.69) is 222 Å². The van der Waals surface area contributed by atoms with Gasteiger partial charge in [0.1, 0.15) is 0 Å². The normalized spacial score (nSPS) is 29.5. The topological polar surface area (TPSA) is 238 Å². The predicted molar refractivity (Wildman–Crippen MR) is 566 cm³/mol. The fourth-order valence-corrected chi connectivity index (χ4v) is 27.9. The maximum atomic E-state index is 13.8. The maximum Gasteiger partial charge on any atom is 0.321 e. The lowest BCUT2D eigenvalue weighted by Crippen LogP contribution is -2.56. The number of aliphatic hydroxyl groups excluding tert-OH is 1. The van der Waals surface area contributed by atoms with Gasteiger partial charge in [0.15, 0.2) is 23.1 Å². The first-order chi connectivity index (χ1) is 68.7. The lowest BCUT2D eigenvalue weighted by Gasteiger charge is -2.51. The molecule has 4 aliphatic heterocycles. The summed E-state index contributed by atoms with van der Waals surface area (Å²) in [4.78, 5) is 134. The van der Waals surface area contributed by atoms with Crippen LogP contribution in [-0.2, 0) is 50.8 Å². The Morgan fingerprint density at radius 3 is 0.874 bits per heavy atom. The van der Waals surface area contributed by atoms with Crippen LogP contribution < -0.4 is 0 Å². The lowest BCUT2D eigenvalue weighted by atomic mass is 9.68. The fraction of sp³-hybridized carbons (Fsp3) is 0.729. The van der Waals surface area contributed by atoms with Gasteiger partial charge in [0.05, 0.1) is 73.3 Å². The van der Waals surface area contributed by atoms with Crippen LogP contribution in [0.2, 0.25) is 0 Å². The Hall–Kier alpha value is -7.72. The molecule has 790 valence electrons. The Balaban J connectivity index is 0.000000144. The molecule has 10 saturated carbocycles. The van der Waals surface area contributed by atoms with Gasteiger partial charge in [0, 0.05) is 114 Å². The van der Waals surface area contributed by atoms with E-state index in [0.29, 0.717) is 114 Å². The molecule has 143 heavy (non-hydrogen) atoms. The molecular formula is C118H181N13O12. The van der Waals surface area contributed by atoms with Crippen molar-refractivity contribution in [3.05, 3.63) is 144 Å². The van der Waals surface area contributed by atoms with E-state index in [4.69, 9.17) is 9.47 Å². The number of carbonyl (C=O) groups is 8. The standard InChI is InChI=1S/C31H47N3O3.C30H45N3O3.C29H45N3O4.C28H44N4O2/c1-32(2)31(26-9-4-3-5-10-26)19-17-30(18-20-31)23-33(29(37)34(30)21-25-7-6-8-25)22-28(36)16-13-24-11-14-27(35)15-12-24;1-31(2)30(25-11-4-3-5-12-25)19-17-28(18-20-30)23-32(27(35)33(28)21-24-9-8-10-24)22-26(34)13-16-29(36)14-6-7-15-29;1-30(2)29(25-11-5-4-6-12-25)16-14-28(15-17-29)23-31(27(34)32(28)21-24-9-7-10-24)22-26(33)13-8-18-36-20-19-35-3;1-29(2)19-9-14-25(33)21-31-22-27(32(26(31)34)20-23-10-8-11-23)15-17-28(18-16-27,30(3)4)24-12-6-5-7-13-24/h3-5,9-10,24-25,27,35H,6-8,11-23H2,1-2H3;3-5,11-12,24,36H,6-10,13-23H2,1-2H3;4-6,11-12,24H,7-10,13-23H2,1-3H3;5-7,12-13,23H,8-11,14-22H2,1-4H3. The predicted octanol–water partition coefficient (Wildman–Crippen LogP) is 18.7. The molecule has 25 heteroatoms. The third-order valence-electron chi connectivity index (χ3n) is 38.4. The minimum atomic E-state index is -0.668. The average molecular weight is 1970 g/mol. The van der Waals surface area contributed by atoms with Crippen LogP contribution in [0.5, 0.6) is 0 Å². The zero-order valence-electron chi connectivity index (χ0n) is 89.7. The summed E-state index contributed by atoms with van der Waals surface area (Å²) in [7, 11) is 23.2. The molecule has 0 aromatic heterocycles. The number of benzene rings is 4. The molecule has 4 aromatic carbocycles. The average Bonchev–Trinajstić information content (AvgIpc) is 1.71. The molecular weight excluding hydrogens is 1790 g/mol. The first kappa shape index (κ1) is 109. The second-order valence-electron chi connectivity index (χ2n) is 48.2. The van der Waals surface area contributed by atoms with E-state index < -0.39 is 5.60 Å². The molecule has 0 bridgehead atoms. The molecule has 4 aromatic rings. The zero-order valence-corrected chi connectivity index (χ0v) is 89.7. The van der Waals surface area contributed by atoms with Crippen molar-refractivity contribution in [2.75, 3.05) is 182 Å². The molecule has 4 spiro atoms. The SMILES string of the molecule is CN(C)C1(c2ccccc2)CCC2(CC1)CN(CC(=O)CCC1(O)CCCC1)C(=O)N2CC1CCC1.CN(C)C1(c2ccccc2)CCC2(CC1)CN(CC(=O)CCC1CCC(O)CC1)C(=O)N2CC1CCC1.CN(C)CCCC(=O)CN1CC2(CCC(c3ccccc3)(N(C)C)CC2)N(CC2CCC2)C1=O.COCCOCCCC(=O)CN1CC2(CCC(c3ccccc3)(N(C)C)CC2)N(CC2CCC2)C1=O. The van der Waals surface area contributed by atoms with Gasteiger partial charge in [-0.3, -0.25) is 38.8 Å². The van der Waals surface area contributed by atoms with Crippen molar-refractivity contribution in [2.45, 2.75) is 339 Å². The summed E-state index contributed by atoms with van der Waals surface area (Å²) in [5.41, 5.74) is 4.14. The van der Waals surface area contributed by atoms with Crippen LogP contribution in [0, 0.1) is 29.6 Å². The molecule has 25 nitrogen and oxygen atoms in total. The lowest BCUT2D eigenvalue weighted by molar-refractivity contribution is -0.121. The van der Waals surface area contributed by atoms with Crippen molar-refractivity contribution in [1.29, 1.82) is 0 Å². The van der Waals surface area contributed by atoms with Crippen LogP contribution in [0.4, 0.5) is 19.2 Å². The van der Waals surface area contributed by atoms with E-state index in [1.165, 1.54) is 99.3 Å². The molecule has 8 amide bonds. The molecule has 14 aliphatic rings. The maximum absolute atomic E-state index is 13.8. The first-order valence-corrected chi connectivity index (χ1v) is 56.1. The van der Waals surface area contributed by atoms with Crippen molar-refractivity contribution in [1.82, 2.24) is 63.7 Å². The second kappa shape index (κ2) is 48.7. The van der Waals surface area contributed by atoms with Gasteiger partial charge in [-0.2, -0.15) is 0 Å². The van der Waals surface area contributed by atoms with Gasteiger partial charge >= 0.3 is 24.1 Å². The third-order valence-corrected chi connectivity index (χ3v) is 38.4. The van der Waals surface area contributed by atoms with Crippen molar-refractivity contribution >= 4 is 47.3 Å². The number of aliphatic hydroxyl groups is 2. The van der Waals surface area contributed by atoms with Crippen molar-refractivity contribution < 1.29 is 58.0 Å². The number of hydrogen-bond donors (Lipinski definition) is 2. The number of urea groups is 4. The van der Waals surface area contributed by atoms with Gasteiger partial charge in [-0.15, -0.1) is 0 Å². The highest BCUT2D eigenvalue weighted by atomic mass is 16.5. The number of carbonyl (C=O) groups excluding carboxylic acids is 8. The van der Waals surface area contributed by atoms with Crippen molar-refractivity contribution in [2.24, 2.45) is 29.6 Å². The molecule has 0 radical (unpaired) electrons. The molecule has 4 saturated heterocycles.